The number of hydrogen-bond donors (Lipinski definition) is 2. The average molecular weight is 234 g/mol. The van der Waals surface area contributed by atoms with Gasteiger partial charge >= 0.3 is 6.03 Å². The van der Waals surface area contributed by atoms with Gasteiger partial charge in [0, 0.05) is 11.2 Å². The van der Waals surface area contributed by atoms with Crippen LogP contribution in [0.2, 0.25) is 0 Å². The van der Waals surface area contributed by atoms with Gasteiger partial charge in [-0.1, -0.05) is 18.2 Å². The van der Waals surface area contributed by atoms with Gasteiger partial charge in [0.05, 0.1) is 0 Å². The Labute approximate surface area is 98.5 Å². The number of hydrogen-bond acceptors (Lipinski definition) is 2. The highest BCUT2D eigenvalue weighted by molar-refractivity contribution is 7.23. The van der Waals surface area contributed by atoms with Gasteiger partial charge in [0.25, 0.3) is 0 Å². The lowest BCUT2D eigenvalue weighted by Gasteiger charge is -2.03. The van der Waals surface area contributed by atoms with Crippen LogP contribution in [0.15, 0.2) is 24.3 Å². The third-order valence-corrected chi connectivity index (χ3v) is 3.60. The molecule has 84 valence electrons. The van der Waals surface area contributed by atoms with E-state index in [0.29, 0.717) is 6.54 Å². The van der Waals surface area contributed by atoms with Gasteiger partial charge in [0.1, 0.15) is 5.00 Å². The van der Waals surface area contributed by atoms with E-state index in [4.69, 9.17) is 0 Å². The molecular weight excluding hydrogens is 220 g/mol. The molecule has 1 heterocycles. The molecular formula is C12H14N2OS. The number of nitrogens with one attached hydrogen (secondary N) is 2. The maximum atomic E-state index is 11.4. The van der Waals surface area contributed by atoms with Crippen LogP contribution in [0.3, 0.4) is 0 Å². The maximum absolute atomic E-state index is 11.4. The number of anilines is 1. The Kier molecular flexibility index (Phi) is 3.10. The molecule has 0 radical (unpaired) electrons. The molecule has 3 nitrogen and oxygen atoms in total. The highest BCUT2D eigenvalue weighted by Gasteiger charge is 2.09. The molecule has 2 rings (SSSR count). The molecule has 0 unspecified atom stereocenters. The van der Waals surface area contributed by atoms with E-state index in [2.05, 4.69) is 22.8 Å². The lowest BCUT2D eigenvalue weighted by atomic mass is 10.2. The van der Waals surface area contributed by atoms with E-state index >= 15 is 0 Å². The number of carbonyl (C=O) groups is 1. The lowest BCUT2D eigenvalue weighted by molar-refractivity contribution is 0.252. The van der Waals surface area contributed by atoms with Crippen molar-refractivity contribution in [2.24, 2.45) is 0 Å². The van der Waals surface area contributed by atoms with Crippen molar-refractivity contribution >= 4 is 32.5 Å². The minimum atomic E-state index is -0.142. The molecule has 0 fully saturated rings. The van der Waals surface area contributed by atoms with E-state index in [-0.39, 0.29) is 6.03 Å². The van der Waals surface area contributed by atoms with Crippen LogP contribution in [0.1, 0.15) is 12.5 Å². The number of urea groups is 1. The van der Waals surface area contributed by atoms with Gasteiger partial charge in [0.15, 0.2) is 0 Å². The number of benzene rings is 1. The molecule has 16 heavy (non-hydrogen) atoms. The van der Waals surface area contributed by atoms with Crippen molar-refractivity contribution in [2.75, 3.05) is 11.9 Å². The van der Waals surface area contributed by atoms with Crippen LogP contribution in [0, 0.1) is 6.92 Å². The van der Waals surface area contributed by atoms with Crippen LogP contribution in [0.4, 0.5) is 9.80 Å². The SMILES string of the molecule is CCNC(=O)Nc1sc2ccccc2c1C. The van der Waals surface area contributed by atoms with Gasteiger partial charge < -0.3 is 5.32 Å². The first-order chi connectivity index (χ1) is 7.72. The third-order valence-electron chi connectivity index (χ3n) is 2.41. The minimum Gasteiger partial charge on any atom is -0.338 e. The van der Waals surface area contributed by atoms with Gasteiger partial charge in [-0.15, -0.1) is 11.3 Å². The Hall–Kier alpha value is -1.55. The highest BCUT2D eigenvalue weighted by atomic mass is 32.1. The van der Waals surface area contributed by atoms with Gasteiger partial charge in [-0.25, -0.2) is 4.79 Å². The molecule has 2 amide bonds. The number of aryl methyl sites for hydroxylation is 1. The Morgan fingerprint density at radius 3 is 2.81 bits per heavy atom. The summed E-state index contributed by atoms with van der Waals surface area (Å²) in [5.41, 5.74) is 1.13. The Bertz CT molecular complexity index is 519. The summed E-state index contributed by atoms with van der Waals surface area (Å²) in [6.45, 7) is 4.56. The second-order valence-electron chi connectivity index (χ2n) is 3.54. The van der Waals surface area contributed by atoms with Crippen LogP contribution in [0.5, 0.6) is 0 Å². The van der Waals surface area contributed by atoms with Gasteiger partial charge in [-0.05, 0) is 30.9 Å². The average Bonchev–Trinajstić information content (AvgIpc) is 2.57. The monoisotopic (exact) mass is 234 g/mol. The van der Waals surface area contributed by atoms with Crippen molar-refractivity contribution in [1.82, 2.24) is 5.32 Å². The Morgan fingerprint density at radius 1 is 1.38 bits per heavy atom. The molecule has 0 bridgehead atoms. The Balaban J connectivity index is 2.31. The number of thiophene rings is 1. The summed E-state index contributed by atoms with van der Waals surface area (Å²) in [6, 6.07) is 8.02. The van der Waals surface area contributed by atoms with Crippen molar-refractivity contribution in [3.05, 3.63) is 29.8 Å². The Morgan fingerprint density at radius 2 is 2.12 bits per heavy atom. The maximum Gasteiger partial charge on any atom is 0.319 e. The topological polar surface area (TPSA) is 41.1 Å². The minimum absolute atomic E-state index is 0.142. The first-order valence-corrected chi connectivity index (χ1v) is 6.07. The quantitative estimate of drug-likeness (QED) is 0.822. The van der Waals surface area contributed by atoms with Crippen LogP contribution >= 0.6 is 11.3 Å². The summed E-state index contributed by atoms with van der Waals surface area (Å²) < 4.78 is 1.20. The molecule has 0 aliphatic rings. The van der Waals surface area contributed by atoms with Crippen molar-refractivity contribution in [2.45, 2.75) is 13.8 Å². The number of fused-ring (bicyclic) bond motifs is 1. The van der Waals surface area contributed by atoms with Crippen LogP contribution in [0.25, 0.3) is 10.1 Å². The van der Waals surface area contributed by atoms with Gasteiger partial charge in [0.2, 0.25) is 0 Å². The summed E-state index contributed by atoms with van der Waals surface area (Å²) in [6.07, 6.45) is 0. The summed E-state index contributed by atoms with van der Waals surface area (Å²) in [4.78, 5) is 11.4. The van der Waals surface area contributed by atoms with Crippen molar-refractivity contribution in [3.63, 3.8) is 0 Å². The molecule has 1 aromatic carbocycles. The normalized spacial score (nSPS) is 10.4. The number of rotatable bonds is 2. The van der Waals surface area contributed by atoms with E-state index in [1.807, 2.05) is 26.0 Å². The number of amides is 2. The van der Waals surface area contributed by atoms with Gasteiger partial charge in [-0.3, -0.25) is 5.32 Å². The predicted molar refractivity (Wildman–Crippen MR) is 69.3 cm³/mol. The zero-order valence-electron chi connectivity index (χ0n) is 9.33. The fraction of sp³-hybridized carbons (Fsp3) is 0.250. The van der Waals surface area contributed by atoms with Crippen molar-refractivity contribution in [3.8, 4) is 0 Å². The third kappa shape index (κ3) is 2.02. The molecule has 0 atom stereocenters. The molecule has 2 aromatic rings. The van der Waals surface area contributed by atoms with Crippen LogP contribution < -0.4 is 10.6 Å². The van der Waals surface area contributed by atoms with E-state index in [1.165, 1.54) is 10.1 Å². The second-order valence-corrected chi connectivity index (χ2v) is 4.59. The van der Waals surface area contributed by atoms with E-state index in [9.17, 15) is 4.79 Å². The van der Waals surface area contributed by atoms with Crippen LogP contribution in [-0.4, -0.2) is 12.6 Å². The summed E-state index contributed by atoms with van der Waals surface area (Å²) >= 11 is 1.61. The zero-order valence-corrected chi connectivity index (χ0v) is 10.1. The van der Waals surface area contributed by atoms with E-state index < -0.39 is 0 Å². The summed E-state index contributed by atoms with van der Waals surface area (Å²) in [7, 11) is 0. The van der Waals surface area contributed by atoms with E-state index in [1.54, 1.807) is 11.3 Å². The lowest BCUT2D eigenvalue weighted by Crippen LogP contribution is -2.28. The molecule has 0 spiro atoms. The highest BCUT2D eigenvalue weighted by Crippen LogP contribution is 2.34. The molecule has 4 heteroatoms. The first-order valence-electron chi connectivity index (χ1n) is 5.25. The molecule has 0 saturated carbocycles. The van der Waals surface area contributed by atoms with Crippen molar-refractivity contribution < 1.29 is 4.79 Å². The fourth-order valence-corrected chi connectivity index (χ4v) is 2.71. The smallest absolute Gasteiger partial charge is 0.319 e. The molecule has 1 aromatic heterocycles. The standard InChI is InChI=1S/C12H14N2OS/c1-3-13-12(15)14-11-8(2)9-6-4-5-7-10(9)16-11/h4-7H,3H2,1-2H3,(H2,13,14,15). The molecule has 2 N–H and O–H groups in total. The zero-order chi connectivity index (χ0) is 11.5. The van der Waals surface area contributed by atoms with Crippen molar-refractivity contribution in [1.29, 1.82) is 0 Å². The number of carbonyl (C=O) groups excluding carboxylic acids is 1. The first kappa shape index (κ1) is 11.0. The molecule has 0 aliphatic carbocycles. The van der Waals surface area contributed by atoms with Gasteiger partial charge in [-0.2, -0.15) is 0 Å². The second kappa shape index (κ2) is 4.53. The fourth-order valence-electron chi connectivity index (χ4n) is 1.60. The predicted octanol–water partition coefficient (Wildman–Crippen LogP) is 3.35. The molecule has 0 saturated heterocycles. The van der Waals surface area contributed by atoms with E-state index in [0.717, 1.165) is 10.6 Å². The molecule has 0 aliphatic heterocycles. The largest absolute Gasteiger partial charge is 0.338 e. The van der Waals surface area contributed by atoms with Crippen LogP contribution in [-0.2, 0) is 0 Å². The summed E-state index contributed by atoms with van der Waals surface area (Å²) in [5, 5.41) is 7.72. The summed E-state index contributed by atoms with van der Waals surface area (Å²) in [5.74, 6) is 0.